The van der Waals surface area contributed by atoms with E-state index in [1.807, 2.05) is 12.1 Å². The lowest BCUT2D eigenvalue weighted by Crippen LogP contribution is -3.20. The number of benzene rings is 1. The van der Waals surface area contributed by atoms with Crippen LogP contribution in [0.5, 0.6) is 17.2 Å². The van der Waals surface area contributed by atoms with Gasteiger partial charge in [0.15, 0.2) is 11.5 Å². The van der Waals surface area contributed by atoms with Crippen LogP contribution in [-0.4, -0.2) is 57.8 Å². The van der Waals surface area contributed by atoms with E-state index in [1.165, 1.54) is 24.2 Å². The number of hydrogen-bond acceptors (Lipinski definition) is 5. The SMILES string of the molecule is COc1cc(COC[C@@H](O)C[NH+]2[C@H](C)CCC[C@@H]2C)cc(OC)c1OC. The lowest BCUT2D eigenvalue weighted by atomic mass is 9.97. The summed E-state index contributed by atoms with van der Waals surface area (Å²) in [5.41, 5.74) is 0.916. The van der Waals surface area contributed by atoms with Crippen LogP contribution in [0.25, 0.3) is 0 Å². The molecule has 1 aliphatic heterocycles. The van der Waals surface area contributed by atoms with Crippen molar-refractivity contribution in [2.75, 3.05) is 34.5 Å². The first kappa shape index (κ1) is 20.8. The summed E-state index contributed by atoms with van der Waals surface area (Å²) in [6.45, 7) is 5.98. The number of aliphatic hydroxyl groups is 1. The van der Waals surface area contributed by atoms with Gasteiger partial charge < -0.3 is 29.0 Å². The van der Waals surface area contributed by atoms with Crippen molar-refractivity contribution in [1.29, 1.82) is 0 Å². The molecule has 1 unspecified atom stereocenters. The molecule has 6 heteroatoms. The third-order valence-corrected chi connectivity index (χ3v) is 5.32. The highest BCUT2D eigenvalue weighted by molar-refractivity contribution is 5.53. The van der Waals surface area contributed by atoms with Crippen LogP contribution < -0.4 is 19.1 Å². The summed E-state index contributed by atoms with van der Waals surface area (Å²) in [6.07, 6.45) is 3.30. The zero-order valence-corrected chi connectivity index (χ0v) is 16.7. The third kappa shape index (κ3) is 5.25. The topological polar surface area (TPSA) is 61.6 Å². The number of likely N-dealkylation sites (tertiary alicyclic amines) is 1. The molecular formula is C20H34NO5+. The Morgan fingerprint density at radius 1 is 1.04 bits per heavy atom. The monoisotopic (exact) mass is 368 g/mol. The maximum atomic E-state index is 10.4. The van der Waals surface area contributed by atoms with E-state index < -0.39 is 6.10 Å². The molecule has 148 valence electrons. The van der Waals surface area contributed by atoms with Crippen LogP contribution in [0, 0.1) is 0 Å². The highest BCUT2D eigenvalue weighted by Crippen LogP contribution is 2.38. The Morgan fingerprint density at radius 3 is 2.12 bits per heavy atom. The van der Waals surface area contributed by atoms with E-state index in [4.69, 9.17) is 18.9 Å². The number of methoxy groups -OCH3 is 3. The van der Waals surface area contributed by atoms with Crippen molar-refractivity contribution >= 4 is 0 Å². The van der Waals surface area contributed by atoms with Gasteiger partial charge in [-0.1, -0.05) is 0 Å². The maximum absolute atomic E-state index is 10.4. The van der Waals surface area contributed by atoms with E-state index in [9.17, 15) is 5.11 Å². The van der Waals surface area contributed by atoms with Crippen LogP contribution in [0.15, 0.2) is 12.1 Å². The zero-order chi connectivity index (χ0) is 19.1. The molecule has 4 atom stereocenters. The lowest BCUT2D eigenvalue weighted by molar-refractivity contribution is -0.954. The molecule has 6 nitrogen and oxygen atoms in total. The Balaban J connectivity index is 1.88. The quantitative estimate of drug-likeness (QED) is 0.691. The van der Waals surface area contributed by atoms with Crippen molar-refractivity contribution in [3.8, 4) is 17.2 Å². The van der Waals surface area contributed by atoms with Crippen molar-refractivity contribution in [3.05, 3.63) is 17.7 Å². The second-order valence-electron chi connectivity index (χ2n) is 7.21. The van der Waals surface area contributed by atoms with Crippen molar-refractivity contribution in [2.24, 2.45) is 0 Å². The molecule has 1 aliphatic rings. The summed E-state index contributed by atoms with van der Waals surface area (Å²) >= 11 is 0. The Bertz CT molecular complexity index is 530. The maximum Gasteiger partial charge on any atom is 0.203 e. The van der Waals surface area contributed by atoms with Crippen molar-refractivity contribution in [1.82, 2.24) is 0 Å². The van der Waals surface area contributed by atoms with Gasteiger partial charge in [-0.3, -0.25) is 0 Å². The second-order valence-corrected chi connectivity index (χ2v) is 7.21. The first-order valence-electron chi connectivity index (χ1n) is 9.40. The zero-order valence-electron chi connectivity index (χ0n) is 16.7. The van der Waals surface area contributed by atoms with Gasteiger partial charge in [-0.05, 0) is 50.8 Å². The van der Waals surface area contributed by atoms with E-state index >= 15 is 0 Å². The van der Waals surface area contributed by atoms with Gasteiger partial charge in [-0.25, -0.2) is 0 Å². The minimum Gasteiger partial charge on any atom is -0.493 e. The fourth-order valence-electron chi connectivity index (χ4n) is 3.85. The average Bonchev–Trinajstić information content (AvgIpc) is 2.63. The van der Waals surface area contributed by atoms with Gasteiger partial charge in [-0.15, -0.1) is 0 Å². The second kappa shape index (κ2) is 10.00. The molecule has 2 N–H and O–H groups in total. The minimum atomic E-state index is -0.463. The molecule has 1 aromatic rings. The highest BCUT2D eigenvalue weighted by Gasteiger charge is 2.30. The predicted molar refractivity (Wildman–Crippen MR) is 100 cm³/mol. The number of hydrogen-bond donors (Lipinski definition) is 2. The molecule has 0 spiro atoms. The van der Waals surface area contributed by atoms with Crippen LogP contribution in [0.4, 0.5) is 0 Å². The summed E-state index contributed by atoms with van der Waals surface area (Å²) in [6, 6.07) is 4.94. The molecule has 1 aromatic carbocycles. The number of nitrogens with one attached hydrogen (secondary N) is 1. The molecule has 0 amide bonds. The summed E-state index contributed by atoms with van der Waals surface area (Å²) < 4.78 is 21.8. The molecule has 26 heavy (non-hydrogen) atoms. The largest absolute Gasteiger partial charge is 0.493 e. The van der Waals surface area contributed by atoms with Gasteiger partial charge in [0.25, 0.3) is 0 Å². The number of quaternary nitrogens is 1. The number of piperidine rings is 1. The van der Waals surface area contributed by atoms with Gasteiger partial charge >= 0.3 is 0 Å². The van der Waals surface area contributed by atoms with Crippen LogP contribution in [-0.2, 0) is 11.3 Å². The smallest absolute Gasteiger partial charge is 0.203 e. The average molecular weight is 368 g/mol. The fourth-order valence-corrected chi connectivity index (χ4v) is 3.85. The first-order valence-corrected chi connectivity index (χ1v) is 9.40. The standard InChI is InChI=1S/C20H33NO5/c1-14-7-6-8-15(2)21(14)11-17(22)13-26-12-16-9-18(23-3)20(25-5)19(10-16)24-4/h9-10,14-15,17,22H,6-8,11-13H2,1-5H3/p+1/t14-,15+,17-/m0/s1. The molecular weight excluding hydrogens is 334 g/mol. The van der Waals surface area contributed by atoms with Crippen molar-refractivity contribution < 1.29 is 29.0 Å². The van der Waals surface area contributed by atoms with Gasteiger partial charge in [-0.2, -0.15) is 0 Å². The lowest BCUT2D eigenvalue weighted by Gasteiger charge is -2.36. The minimum absolute atomic E-state index is 0.319. The van der Waals surface area contributed by atoms with Gasteiger partial charge in [0.05, 0.1) is 46.6 Å². The fraction of sp³-hybridized carbons (Fsp3) is 0.700. The first-order chi connectivity index (χ1) is 12.5. The molecule has 1 heterocycles. The van der Waals surface area contributed by atoms with Crippen LogP contribution in [0.2, 0.25) is 0 Å². The molecule has 2 rings (SSSR count). The Kier molecular flexibility index (Phi) is 8.00. The van der Waals surface area contributed by atoms with Gasteiger partial charge in [0.1, 0.15) is 12.6 Å². The van der Waals surface area contributed by atoms with Crippen LogP contribution in [0.1, 0.15) is 38.7 Å². The molecule has 0 saturated carbocycles. The summed E-state index contributed by atoms with van der Waals surface area (Å²) in [5, 5.41) is 10.4. The van der Waals surface area contributed by atoms with Crippen molar-refractivity contribution in [3.63, 3.8) is 0 Å². The van der Waals surface area contributed by atoms with Crippen molar-refractivity contribution in [2.45, 2.75) is 57.9 Å². The molecule has 1 fully saturated rings. The molecule has 0 aliphatic carbocycles. The Hall–Kier alpha value is -1.50. The Morgan fingerprint density at radius 2 is 1.62 bits per heavy atom. The predicted octanol–water partition coefficient (Wildman–Crippen LogP) is 1.44. The highest BCUT2D eigenvalue weighted by atomic mass is 16.5. The molecule has 0 radical (unpaired) electrons. The van der Waals surface area contributed by atoms with E-state index in [0.717, 1.165) is 12.1 Å². The number of rotatable bonds is 9. The van der Waals surface area contributed by atoms with E-state index in [1.54, 1.807) is 21.3 Å². The number of ether oxygens (including phenoxy) is 4. The van der Waals surface area contributed by atoms with E-state index in [2.05, 4.69) is 13.8 Å². The summed E-state index contributed by atoms with van der Waals surface area (Å²) in [5.74, 6) is 1.77. The van der Waals surface area contributed by atoms with Gasteiger partial charge in [0.2, 0.25) is 5.75 Å². The van der Waals surface area contributed by atoms with E-state index in [0.29, 0.717) is 42.5 Å². The Labute approximate surface area is 157 Å². The summed E-state index contributed by atoms with van der Waals surface area (Å²) in [4.78, 5) is 1.49. The molecule has 1 saturated heterocycles. The van der Waals surface area contributed by atoms with Crippen LogP contribution >= 0.6 is 0 Å². The van der Waals surface area contributed by atoms with Crippen LogP contribution in [0.3, 0.4) is 0 Å². The molecule has 0 bridgehead atoms. The van der Waals surface area contributed by atoms with E-state index in [-0.39, 0.29) is 0 Å². The molecule has 0 aromatic heterocycles. The number of aliphatic hydroxyl groups excluding tert-OH is 1. The summed E-state index contributed by atoms with van der Waals surface area (Å²) in [7, 11) is 4.77. The van der Waals surface area contributed by atoms with Gasteiger partial charge in [0, 0.05) is 0 Å². The normalized spacial score (nSPS) is 24.2. The third-order valence-electron chi connectivity index (χ3n) is 5.32.